The van der Waals surface area contributed by atoms with Crippen molar-refractivity contribution in [2.75, 3.05) is 13.1 Å². The third kappa shape index (κ3) is 7.35. The minimum Gasteiger partial charge on any atom is -0.489 e. The van der Waals surface area contributed by atoms with Crippen LogP contribution in [0.1, 0.15) is 25.8 Å². The molecule has 1 saturated heterocycles. The predicted molar refractivity (Wildman–Crippen MR) is 101 cm³/mol. The van der Waals surface area contributed by atoms with Crippen molar-refractivity contribution in [3.05, 3.63) is 41.0 Å². The van der Waals surface area contributed by atoms with Crippen molar-refractivity contribution in [1.29, 1.82) is 0 Å². The molecule has 1 aliphatic rings. The van der Waals surface area contributed by atoms with Gasteiger partial charge in [-0.1, -0.05) is 26.0 Å². The van der Waals surface area contributed by atoms with Crippen molar-refractivity contribution in [1.82, 2.24) is 5.32 Å². The van der Waals surface area contributed by atoms with Crippen LogP contribution in [0.4, 0.5) is 0 Å². The number of aliphatic carboxylic acids is 2. The zero-order valence-electron chi connectivity index (χ0n) is 15.9. The van der Waals surface area contributed by atoms with Crippen molar-refractivity contribution in [2.45, 2.75) is 32.8 Å². The van der Waals surface area contributed by atoms with Crippen LogP contribution < -0.4 is 10.1 Å². The van der Waals surface area contributed by atoms with Gasteiger partial charge >= 0.3 is 11.9 Å². The number of carboxylic acid groups (broad SMARTS) is 2. The van der Waals surface area contributed by atoms with E-state index in [1.54, 1.807) is 38.1 Å². The molecule has 1 aromatic carbocycles. The van der Waals surface area contributed by atoms with Gasteiger partial charge in [0.15, 0.2) is 0 Å². The number of carbonyl (C=O) groups is 2. The Morgan fingerprint density at radius 1 is 1.15 bits per heavy atom. The second-order valence-corrected chi connectivity index (χ2v) is 6.21. The molecule has 1 atom stereocenters. The Morgan fingerprint density at radius 3 is 2.19 bits per heavy atom. The van der Waals surface area contributed by atoms with Crippen LogP contribution in [0.25, 0.3) is 0 Å². The summed E-state index contributed by atoms with van der Waals surface area (Å²) in [5.74, 6) is -2.02. The molecule has 1 heterocycles. The fraction of sp³-hybridized carbons (Fsp3) is 0.444. The van der Waals surface area contributed by atoms with E-state index in [0.29, 0.717) is 0 Å². The van der Waals surface area contributed by atoms with E-state index < -0.39 is 11.9 Å². The summed E-state index contributed by atoms with van der Waals surface area (Å²) in [5, 5.41) is 21.9. The maximum Gasteiger partial charge on any atom is 0.332 e. The van der Waals surface area contributed by atoms with E-state index in [2.05, 4.69) is 5.32 Å². The van der Waals surface area contributed by atoms with Gasteiger partial charge in [0.2, 0.25) is 0 Å². The Bertz CT molecular complexity index is 637. The van der Waals surface area contributed by atoms with Crippen LogP contribution in [-0.4, -0.2) is 100 Å². The van der Waals surface area contributed by atoms with Gasteiger partial charge in [0.05, 0.1) is 11.1 Å². The van der Waals surface area contributed by atoms with Crippen molar-refractivity contribution >= 4 is 71.1 Å². The molecule has 0 amide bonds. The van der Waals surface area contributed by atoms with Crippen LogP contribution in [0.2, 0.25) is 0 Å². The van der Waals surface area contributed by atoms with Gasteiger partial charge in [0.25, 0.3) is 0 Å². The molecule has 132 valence electrons. The Balaban J connectivity index is 0.00000312. The van der Waals surface area contributed by atoms with Crippen molar-refractivity contribution < 1.29 is 24.5 Å². The summed E-state index contributed by atoms with van der Waals surface area (Å²) in [5.41, 5.74) is 0.606. The molecule has 8 heteroatoms. The quantitative estimate of drug-likeness (QED) is 0.489. The van der Waals surface area contributed by atoms with Crippen LogP contribution in [0, 0.1) is 5.92 Å². The van der Waals surface area contributed by atoms with E-state index in [9.17, 15) is 19.8 Å². The van der Waals surface area contributed by atoms with Crippen LogP contribution in [-0.2, 0) is 16.0 Å². The molecule has 1 aliphatic heterocycles. The van der Waals surface area contributed by atoms with Gasteiger partial charge in [-0.2, -0.15) is 0 Å². The molecule has 2 radical (unpaired) electrons. The Hall–Kier alpha value is -0.340. The number of rotatable bonds is 7. The van der Waals surface area contributed by atoms with Gasteiger partial charge in [-0.25, -0.2) is 9.59 Å². The fourth-order valence-electron chi connectivity index (χ4n) is 2.82. The van der Waals surface area contributed by atoms with E-state index in [1.165, 1.54) is 0 Å². The number of hydrogen-bond acceptors (Lipinski definition) is 4. The third-order valence-corrected chi connectivity index (χ3v) is 4.01. The molecule has 1 aromatic rings. The summed E-state index contributed by atoms with van der Waals surface area (Å²) in [7, 11) is 0. The molecule has 2 rings (SSSR count). The summed E-state index contributed by atoms with van der Waals surface area (Å²) < 4.78 is 5.82. The molecule has 0 spiro atoms. The summed E-state index contributed by atoms with van der Waals surface area (Å²) in [6.45, 7) is 5.13. The molecule has 3 N–H and O–H groups in total. The van der Waals surface area contributed by atoms with Gasteiger partial charge in [-0.3, -0.25) is 0 Å². The first-order valence-corrected chi connectivity index (χ1v) is 8.04. The standard InChI is InChI=1S/C18H23NO5.2Na/c1-11(2)16(18(22)23)15(17(20)21)9-12-3-5-13(6-4-12)24-14-7-8-19-10-14;;/h3-6,11,14,19H,7-10H2,1-2H3,(H,20,21)(H,22,23);;. The maximum absolute atomic E-state index is 11.5. The predicted octanol–water partition coefficient (Wildman–Crippen LogP) is 1.33. The van der Waals surface area contributed by atoms with E-state index in [-0.39, 0.29) is 88.7 Å². The van der Waals surface area contributed by atoms with Crippen LogP contribution in [0.15, 0.2) is 35.4 Å². The summed E-state index contributed by atoms with van der Waals surface area (Å²) in [4.78, 5) is 22.9. The molecular weight excluding hydrogens is 356 g/mol. The van der Waals surface area contributed by atoms with Crippen molar-refractivity contribution in [3.8, 4) is 5.75 Å². The average Bonchev–Trinajstić information content (AvgIpc) is 3.00. The van der Waals surface area contributed by atoms with Crippen LogP contribution in [0.5, 0.6) is 5.75 Å². The van der Waals surface area contributed by atoms with Crippen molar-refractivity contribution in [2.24, 2.45) is 5.92 Å². The smallest absolute Gasteiger partial charge is 0.332 e. The molecule has 0 aromatic heterocycles. The zero-order valence-corrected chi connectivity index (χ0v) is 19.9. The average molecular weight is 379 g/mol. The van der Waals surface area contributed by atoms with Crippen molar-refractivity contribution in [3.63, 3.8) is 0 Å². The first-order chi connectivity index (χ1) is 11.4. The Kier molecular flexibility index (Phi) is 12.0. The first kappa shape index (κ1) is 25.7. The molecule has 0 aliphatic carbocycles. The second kappa shape index (κ2) is 12.2. The van der Waals surface area contributed by atoms with E-state index in [4.69, 9.17) is 4.74 Å². The van der Waals surface area contributed by atoms with Gasteiger partial charge in [0, 0.05) is 72.1 Å². The van der Waals surface area contributed by atoms with Gasteiger partial charge in [-0.15, -0.1) is 0 Å². The molecular formula is C18H23NNa2O5. The molecule has 1 unspecified atom stereocenters. The first-order valence-electron chi connectivity index (χ1n) is 8.04. The number of carboxylic acids is 2. The normalized spacial score (nSPS) is 17.0. The molecule has 26 heavy (non-hydrogen) atoms. The molecule has 6 nitrogen and oxygen atoms in total. The third-order valence-electron chi connectivity index (χ3n) is 4.01. The molecule has 0 saturated carbocycles. The van der Waals surface area contributed by atoms with E-state index in [1.807, 2.05) is 0 Å². The van der Waals surface area contributed by atoms with Gasteiger partial charge in [-0.05, 0) is 36.6 Å². The Labute approximate surface area is 198 Å². The van der Waals surface area contributed by atoms with Crippen LogP contribution >= 0.6 is 0 Å². The molecule has 0 bridgehead atoms. The monoisotopic (exact) mass is 379 g/mol. The number of benzene rings is 1. The van der Waals surface area contributed by atoms with E-state index in [0.717, 1.165) is 30.8 Å². The summed E-state index contributed by atoms with van der Waals surface area (Å²) >= 11 is 0. The summed E-state index contributed by atoms with van der Waals surface area (Å²) in [6.07, 6.45) is 1.19. The van der Waals surface area contributed by atoms with Gasteiger partial charge < -0.3 is 20.3 Å². The number of hydrogen-bond donors (Lipinski definition) is 3. The molecule has 1 fully saturated rings. The number of nitrogens with one attached hydrogen (secondary N) is 1. The zero-order chi connectivity index (χ0) is 17.7. The Morgan fingerprint density at radius 2 is 1.77 bits per heavy atom. The number of ether oxygens (including phenoxy) is 1. The SMILES string of the molecule is CC(C)C(C(=O)O)=C(Cc1ccc(OC2CCNC2)cc1)C(=O)O.[Na].[Na]. The fourth-order valence-corrected chi connectivity index (χ4v) is 2.82. The van der Waals surface area contributed by atoms with Crippen LogP contribution in [0.3, 0.4) is 0 Å². The second-order valence-electron chi connectivity index (χ2n) is 6.21. The minimum absolute atomic E-state index is 0. The van der Waals surface area contributed by atoms with Gasteiger partial charge in [0.1, 0.15) is 11.9 Å². The minimum atomic E-state index is -1.20. The summed E-state index contributed by atoms with van der Waals surface area (Å²) in [6, 6.07) is 7.15. The topological polar surface area (TPSA) is 95.9 Å². The van der Waals surface area contributed by atoms with E-state index >= 15 is 0 Å². The largest absolute Gasteiger partial charge is 0.489 e. The maximum atomic E-state index is 11.5.